The summed E-state index contributed by atoms with van der Waals surface area (Å²) in [7, 11) is 0. The molecule has 0 radical (unpaired) electrons. The van der Waals surface area contributed by atoms with Gasteiger partial charge in [0.15, 0.2) is 0 Å². The van der Waals surface area contributed by atoms with Gasteiger partial charge in [-0.05, 0) is 37.3 Å². The molecule has 3 rings (SSSR count). The first kappa shape index (κ1) is 14.9. The number of aryl methyl sites for hydroxylation is 1. The Bertz CT molecular complexity index is 784. The van der Waals surface area contributed by atoms with E-state index in [0.717, 1.165) is 11.3 Å². The van der Waals surface area contributed by atoms with E-state index in [9.17, 15) is 0 Å². The molecular formula is C16H13Cl2N3O. The fourth-order valence-corrected chi connectivity index (χ4v) is 2.30. The van der Waals surface area contributed by atoms with E-state index in [4.69, 9.17) is 27.6 Å². The lowest BCUT2D eigenvalue weighted by Crippen LogP contribution is -2.00. The number of hydrogen-bond donors (Lipinski definition) is 1. The minimum atomic E-state index is 0.374. The SMILES string of the molecule is Cc1ccc(-c2nnc(CNc3cc(Cl)ccc3Cl)o2)cc1. The summed E-state index contributed by atoms with van der Waals surface area (Å²) >= 11 is 12.0. The largest absolute Gasteiger partial charge is 0.419 e. The number of aromatic nitrogens is 2. The maximum absolute atomic E-state index is 6.09. The zero-order valence-corrected chi connectivity index (χ0v) is 13.3. The van der Waals surface area contributed by atoms with E-state index < -0.39 is 0 Å². The first-order valence-electron chi connectivity index (χ1n) is 6.70. The van der Waals surface area contributed by atoms with Crippen molar-refractivity contribution in [1.29, 1.82) is 0 Å². The molecule has 0 aliphatic rings. The third-order valence-electron chi connectivity index (χ3n) is 3.12. The van der Waals surface area contributed by atoms with Crippen molar-refractivity contribution < 1.29 is 4.42 Å². The topological polar surface area (TPSA) is 51.0 Å². The summed E-state index contributed by atoms with van der Waals surface area (Å²) < 4.78 is 5.64. The van der Waals surface area contributed by atoms with Gasteiger partial charge in [-0.3, -0.25) is 0 Å². The van der Waals surface area contributed by atoms with Gasteiger partial charge in [0.25, 0.3) is 0 Å². The smallest absolute Gasteiger partial charge is 0.247 e. The van der Waals surface area contributed by atoms with Gasteiger partial charge in [0, 0.05) is 10.6 Å². The van der Waals surface area contributed by atoms with E-state index in [0.29, 0.717) is 28.4 Å². The van der Waals surface area contributed by atoms with Gasteiger partial charge >= 0.3 is 0 Å². The van der Waals surface area contributed by atoms with Gasteiger partial charge < -0.3 is 9.73 Å². The molecule has 2 aromatic carbocycles. The molecule has 4 nitrogen and oxygen atoms in total. The Hall–Kier alpha value is -2.04. The summed E-state index contributed by atoms with van der Waals surface area (Å²) in [5.74, 6) is 0.973. The van der Waals surface area contributed by atoms with Crippen LogP contribution < -0.4 is 5.32 Å². The van der Waals surface area contributed by atoms with E-state index in [1.54, 1.807) is 18.2 Å². The molecule has 112 valence electrons. The fourth-order valence-electron chi connectivity index (χ4n) is 1.94. The number of halogens is 2. The first-order valence-corrected chi connectivity index (χ1v) is 7.46. The maximum atomic E-state index is 6.09. The van der Waals surface area contributed by atoms with Crippen LogP contribution in [0.3, 0.4) is 0 Å². The van der Waals surface area contributed by atoms with Gasteiger partial charge in [-0.1, -0.05) is 40.9 Å². The minimum absolute atomic E-state index is 0.374. The first-order chi connectivity index (χ1) is 10.6. The highest BCUT2D eigenvalue weighted by Crippen LogP contribution is 2.26. The van der Waals surface area contributed by atoms with Crippen molar-refractivity contribution in [2.45, 2.75) is 13.5 Å². The average molecular weight is 334 g/mol. The van der Waals surface area contributed by atoms with Crippen molar-refractivity contribution in [1.82, 2.24) is 10.2 Å². The molecule has 0 saturated heterocycles. The highest BCUT2D eigenvalue weighted by atomic mass is 35.5. The van der Waals surface area contributed by atoms with Crippen LogP contribution in [-0.4, -0.2) is 10.2 Å². The summed E-state index contributed by atoms with van der Waals surface area (Å²) in [6, 6.07) is 13.1. The number of hydrogen-bond acceptors (Lipinski definition) is 4. The van der Waals surface area contributed by atoms with Crippen molar-refractivity contribution in [3.63, 3.8) is 0 Å². The standard InChI is InChI=1S/C16H13Cl2N3O/c1-10-2-4-11(5-3-10)16-21-20-15(22-16)9-19-14-8-12(17)6-7-13(14)18/h2-8,19H,9H2,1H3. The normalized spacial score (nSPS) is 10.7. The van der Waals surface area contributed by atoms with Gasteiger partial charge in [0.1, 0.15) is 0 Å². The molecule has 0 aliphatic carbocycles. The number of nitrogens with one attached hydrogen (secondary N) is 1. The molecule has 0 fully saturated rings. The second-order valence-electron chi connectivity index (χ2n) is 4.84. The molecule has 0 bridgehead atoms. The van der Waals surface area contributed by atoms with Crippen LogP contribution in [0.5, 0.6) is 0 Å². The predicted molar refractivity (Wildman–Crippen MR) is 88.3 cm³/mol. The van der Waals surface area contributed by atoms with Crippen LogP contribution in [0.15, 0.2) is 46.9 Å². The lowest BCUT2D eigenvalue weighted by Gasteiger charge is -2.06. The highest BCUT2D eigenvalue weighted by molar-refractivity contribution is 6.35. The van der Waals surface area contributed by atoms with E-state index >= 15 is 0 Å². The van der Waals surface area contributed by atoms with Gasteiger partial charge in [0.2, 0.25) is 11.8 Å². The van der Waals surface area contributed by atoms with Crippen LogP contribution in [0.2, 0.25) is 10.0 Å². The van der Waals surface area contributed by atoms with Crippen LogP contribution in [0.1, 0.15) is 11.5 Å². The lowest BCUT2D eigenvalue weighted by atomic mass is 10.1. The molecule has 22 heavy (non-hydrogen) atoms. The molecule has 0 unspecified atom stereocenters. The Labute approximate surface area is 138 Å². The molecule has 0 aliphatic heterocycles. The monoisotopic (exact) mass is 333 g/mol. The fraction of sp³-hybridized carbons (Fsp3) is 0.125. The summed E-state index contributed by atoms with van der Waals surface area (Å²) in [4.78, 5) is 0. The maximum Gasteiger partial charge on any atom is 0.247 e. The van der Waals surface area contributed by atoms with E-state index in [1.165, 1.54) is 5.56 Å². The van der Waals surface area contributed by atoms with Crippen LogP contribution in [0, 0.1) is 6.92 Å². The summed E-state index contributed by atoms with van der Waals surface area (Å²) in [6.45, 7) is 2.40. The Morgan fingerprint density at radius 3 is 2.59 bits per heavy atom. The Balaban J connectivity index is 1.72. The van der Waals surface area contributed by atoms with Crippen molar-refractivity contribution >= 4 is 28.9 Å². The van der Waals surface area contributed by atoms with E-state index in [-0.39, 0.29) is 0 Å². The molecule has 0 amide bonds. The molecule has 0 saturated carbocycles. The van der Waals surface area contributed by atoms with Gasteiger partial charge in [0.05, 0.1) is 17.3 Å². The molecule has 0 spiro atoms. The number of anilines is 1. The third kappa shape index (κ3) is 3.40. The van der Waals surface area contributed by atoms with E-state index in [1.807, 2.05) is 31.2 Å². The summed E-state index contributed by atoms with van der Waals surface area (Å²) in [5.41, 5.74) is 2.80. The predicted octanol–water partition coefficient (Wildman–Crippen LogP) is 4.96. The minimum Gasteiger partial charge on any atom is -0.419 e. The van der Waals surface area contributed by atoms with Crippen molar-refractivity contribution in [2.75, 3.05) is 5.32 Å². The Kier molecular flexibility index (Phi) is 4.32. The summed E-state index contributed by atoms with van der Waals surface area (Å²) in [6.07, 6.45) is 0. The number of benzene rings is 2. The zero-order chi connectivity index (χ0) is 15.5. The number of nitrogens with zero attached hydrogens (tertiary/aromatic N) is 2. The van der Waals surface area contributed by atoms with Crippen LogP contribution in [0.25, 0.3) is 11.5 Å². The van der Waals surface area contributed by atoms with Crippen molar-refractivity contribution in [2.24, 2.45) is 0 Å². The quantitative estimate of drug-likeness (QED) is 0.732. The van der Waals surface area contributed by atoms with Crippen LogP contribution >= 0.6 is 23.2 Å². The molecular weight excluding hydrogens is 321 g/mol. The molecule has 3 aromatic rings. The van der Waals surface area contributed by atoms with Crippen LogP contribution in [0.4, 0.5) is 5.69 Å². The van der Waals surface area contributed by atoms with Crippen molar-refractivity contribution in [3.05, 3.63) is 64.0 Å². The molecule has 0 atom stereocenters. The Morgan fingerprint density at radius 1 is 1.05 bits per heavy atom. The Morgan fingerprint density at radius 2 is 1.82 bits per heavy atom. The summed E-state index contributed by atoms with van der Waals surface area (Å²) in [5, 5.41) is 12.4. The second kappa shape index (κ2) is 6.38. The van der Waals surface area contributed by atoms with Gasteiger partial charge in [-0.15, -0.1) is 10.2 Å². The van der Waals surface area contributed by atoms with Crippen molar-refractivity contribution in [3.8, 4) is 11.5 Å². The highest BCUT2D eigenvalue weighted by Gasteiger charge is 2.09. The van der Waals surface area contributed by atoms with Gasteiger partial charge in [-0.2, -0.15) is 0 Å². The third-order valence-corrected chi connectivity index (χ3v) is 3.69. The van der Waals surface area contributed by atoms with Crippen LogP contribution in [-0.2, 0) is 6.54 Å². The van der Waals surface area contributed by atoms with E-state index in [2.05, 4.69) is 15.5 Å². The zero-order valence-electron chi connectivity index (χ0n) is 11.8. The average Bonchev–Trinajstić information content (AvgIpc) is 2.98. The molecule has 6 heteroatoms. The molecule has 1 aromatic heterocycles. The molecule has 1 N–H and O–H groups in total. The van der Waals surface area contributed by atoms with Gasteiger partial charge in [-0.25, -0.2) is 0 Å². The number of rotatable bonds is 4. The molecule has 1 heterocycles. The second-order valence-corrected chi connectivity index (χ2v) is 5.69. The lowest BCUT2D eigenvalue weighted by molar-refractivity contribution is 0.515.